The molecule has 0 saturated carbocycles. The van der Waals surface area contributed by atoms with Crippen molar-refractivity contribution in [2.24, 2.45) is 5.92 Å². The van der Waals surface area contributed by atoms with Gasteiger partial charge in [0.1, 0.15) is 0 Å². The van der Waals surface area contributed by atoms with Gasteiger partial charge < -0.3 is 4.57 Å². The highest BCUT2D eigenvalue weighted by Crippen LogP contribution is 2.20. The lowest BCUT2D eigenvalue weighted by molar-refractivity contribution is 0.438. The van der Waals surface area contributed by atoms with Crippen LogP contribution in [0.4, 0.5) is 0 Å². The van der Waals surface area contributed by atoms with Crippen LogP contribution in [0.2, 0.25) is 10.0 Å². The zero-order valence-corrected chi connectivity index (χ0v) is 14.2. The smallest absolute Gasteiger partial charge is 0.0946 e. The number of imidazole rings is 1. The van der Waals surface area contributed by atoms with Gasteiger partial charge in [0.2, 0.25) is 0 Å². The molecule has 0 aliphatic heterocycles. The minimum atomic E-state index is 0.478. The number of rotatable bonds is 6. The lowest BCUT2D eigenvalue weighted by atomic mass is 9.92. The van der Waals surface area contributed by atoms with E-state index in [-0.39, 0.29) is 0 Å². The van der Waals surface area contributed by atoms with E-state index in [0.717, 1.165) is 29.4 Å². The van der Waals surface area contributed by atoms with Crippen molar-refractivity contribution in [2.45, 2.75) is 19.4 Å². The third-order valence-corrected chi connectivity index (χ3v) is 4.41. The monoisotopic (exact) mass is 344 g/mol. The van der Waals surface area contributed by atoms with Gasteiger partial charge in [0.25, 0.3) is 0 Å². The molecule has 0 saturated heterocycles. The first kappa shape index (κ1) is 16.1. The summed E-state index contributed by atoms with van der Waals surface area (Å²) in [6, 6.07) is 16.2. The van der Waals surface area contributed by atoms with Crippen molar-refractivity contribution in [1.82, 2.24) is 9.55 Å². The summed E-state index contributed by atoms with van der Waals surface area (Å²) in [7, 11) is 0. The van der Waals surface area contributed by atoms with Gasteiger partial charge in [-0.15, -0.1) is 0 Å². The van der Waals surface area contributed by atoms with E-state index in [1.54, 1.807) is 0 Å². The molecule has 0 fully saturated rings. The highest BCUT2D eigenvalue weighted by molar-refractivity contribution is 6.30. The van der Waals surface area contributed by atoms with Gasteiger partial charge in [-0.2, -0.15) is 0 Å². The van der Waals surface area contributed by atoms with Gasteiger partial charge in [0.05, 0.1) is 6.33 Å². The third kappa shape index (κ3) is 4.85. The summed E-state index contributed by atoms with van der Waals surface area (Å²) in [4.78, 5) is 4.14. The SMILES string of the molecule is Clc1ccc(CC(Cc2ccc(Cl)cc2)Cn2ccnc2)cc1. The number of hydrogen-bond donors (Lipinski definition) is 0. The largest absolute Gasteiger partial charge is 0.337 e. The molecule has 1 aromatic heterocycles. The summed E-state index contributed by atoms with van der Waals surface area (Å²) >= 11 is 12.0. The number of aromatic nitrogens is 2. The van der Waals surface area contributed by atoms with Gasteiger partial charge in [-0.3, -0.25) is 0 Å². The molecule has 0 N–H and O–H groups in total. The van der Waals surface area contributed by atoms with Crippen LogP contribution in [0.15, 0.2) is 67.3 Å². The molecule has 0 unspecified atom stereocenters. The molecule has 1 heterocycles. The summed E-state index contributed by atoms with van der Waals surface area (Å²) in [6.45, 7) is 0.936. The summed E-state index contributed by atoms with van der Waals surface area (Å²) in [6.07, 6.45) is 7.70. The van der Waals surface area contributed by atoms with Crippen molar-refractivity contribution < 1.29 is 0 Å². The Morgan fingerprint density at radius 2 is 1.35 bits per heavy atom. The first-order valence-electron chi connectivity index (χ1n) is 7.63. The zero-order valence-electron chi connectivity index (χ0n) is 12.7. The molecule has 3 rings (SSSR count). The topological polar surface area (TPSA) is 17.8 Å². The van der Waals surface area contributed by atoms with Gasteiger partial charge in [0, 0.05) is 29.0 Å². The van der Waals surface area contributed by atoms with E-state index in [9.17, 15) is 0 Å². The van der Waals surface area contributed by atoms with Crippen molar-refractivity contribution in [2.75, 3.05) is 0 Å². The van der Waals surface area contributed by atoms with Crippen LogP contribution >= 0.6 is 23.2 Å². The van der Waals surface area contributed by atoms with Gasteiger partial charge in [0.15, 0.2) is 0 Å². The first-order chi connectivity index (χ1) is 11.2. The molecule has 0 aliphatic rings. The molecule has 4 heteroatoms. The Kier molecular flexibility index (Phi) is 5.37. The maximum absolute atomic E-state index is 5.98. The Balaban J connectivity index is 1.75. The fraction of sp³-hybridized carbons (Fsp3) is 0.211. The molecule has 23 heavy (non-hydrogen) atoms. The highest BCUT2D eigenvalue weighted by atomic mass is 35.5. The van der Waals surface area contributed by atoms with Crippen LogP contribution in [0, 0.1) is 5.92 Å². The molecule has 0 amide bonds. The number of hydrogen-bond acceptors (Lipinski definition) is 1. The van der Waals surface area contributed by atoms with Gasteiger partial charge in [-0.05, 0) is 54.2 Å². The van der Waals surface area contributed by atoms with E-state index in [1.807, 2.05) is 43.0 Å². The van der Waals surface area contributed by atoms with Crippen LogP contribution < -0.4 is 0 Å². The van der Waals surface area contributed by atoms with Crippen molar-refractivity contribution in [3.05, 3.63) is 88.4 Å². The van der Waals surface area contributed by atoms with Crippen LogP contribution in [0.25, 0.3) is 0 Å². The molecular formula is C19H18Cl2N2. The second-order valence-electron chi connectivity index (χ2n) is 5.79. The lowest BCUT2D eigenvalue weighted by Gasteiger charge is -2.18. The average Bonchev–Trinajstić information content (AvgIpc) is 3.05. The fourth-order valence-corrected chi connectivity index (χ4v) is 3.05. The predicted octanol–water partition coefficient (Wildman–Crippen LogP) is 5.29. The Morgan fingerprint density at radius 3 is 1.78 bits per heavy atom. The quantitative estimate of drug-likeness (QED) is 0.593. The molecule has 0 aliphatic carbocycles. The maximum Gasteiger partial charge on any atom is 0.0946 e. The first-order valence-corrected chi connectivity index (χ1v) is 8.39. The maximum atomic E-state index is 5.98. The van der Waals surface area contributed by atoms with Crippen molar-refractivity contribution >= 4 is 23.2 Å². The van der Waals surface area contributed by atoms with E-state index >= 15 is 0 Å². The Bertz CT molecular complexity index is 672. The number of halogens is 2. The van der Waals surface area contributed by atoms with Gasteiger partial charge in [-0.1, -0.05) is 47.5 Å². The lowest BCUT2D eigenvalue weighted by Crippen LogP contribution is -2.15. The summed E-state index contributed by atoms with van der Waals surface area (Å²) in [5.41, 5.74) is 2.60. The predicted molar refractivity (Wildman–Crippen MR) is 96.0 cm³/mol. The second-order valence-corrected chi connectivity index (χ2v) is 6.66. The molecule has 0 bridgehead atoms. The van der Waals surface area contributed by atoms with E-state index in [0.29, 0.717) is 5.92 Å². The van der Waals surface area contributed by atoms with E-state index in [1.165, 1.54) is 11.1 Å². The van der Waals surface area contributed by atoms with Crippen LogP contribution in [-0.2, 0) is 19.4 Å². The van der Waals surface area contributed by atoms with Crippen LogP contribution in [0.1, 0.15) is 11.1 Å². The average molecular weight is 345 g/mol. The van der Waals surface area contributed by atoms with Gasteiger partial charge >= 0.3 is 0 Å². The summed E-state index contributed by atoms with van der Waals surface area (Å²) < 4.78 is 2.14. The fourth-order valence-electron chi connectivity index (χ4n) is 2.80. The number of nitrogens with zero attached hydrogens (tertiary/aromatic N) is 2. The second kappa shape index (κ2) is 7.67. The number of benzene rings is 2. The Hall–Kier alpha value is -1.77. The Morgan fingerprint density at radius 1 is 0.826 bits per heavy atom. The molecule has 2 nitrogen and oxygen atoms in total. The normalized spacial score (nSPS) is 11.1. The minimum Gasteiger partial charge on any atom is -0.337 e. The molecule has 2 aromatic carbocycles. The highest BCUT2D eigenvalue weighted by Gasteiger charge is 2.12. The molecular weight excluding hydrogens is 327 g/mol. The standard InChI is InChI=1S/C19H18Cl2N2/c20-18-5-1-15(2-6-18)11-17(13-23-10-9-22-14-23)12-16-3-7-19(21)8-4-16/h1-10,14,17H,11-13H2. The van der Waals surface area contributed by atoms with E-state index in [2.05, 4.69) is 33.8 Å². The van der Waals surface area contributed by atoms with Crippen molar-refractivity contribution in [1.29, 1.82) is 0 Å². The summed E-state index contributed by atoms with van der Waals surface area (Å²) in [5.74, 6) is 0.478. The minimum absolute atomic E-state index is 0.478. The van der Waals surface area contributed by atoms with Crippen molar-refractivity contribution in [3.8, 4) is 0 Å². The van der Waals surface area contributed by atoms with Crippen molar-refractivity contribution in [3.63, 3.8) is 0 Å². The van der Waals surface area contributed by atoms with E-state index in [4.69, 9.17) is 23.2 Å². The Labute approximate surface area is 146 Å². The van der Waals surface area contributed by atoms with E-state index < -0.39 is 0 Å². The third-order valence-electron chi connectivity index (χ3n) is 3.90. The molecule has 0 radical (unpaired) electrons. The van der Waals surface area contributed by atoms with Crippen LogP contribution in [0.3, 0.4) is 0 Å². The zero-order chi connectivity index (χ0) is 16.1. The molecule has 0 atom stereocenters. The molecule has 3 aromatic rings. The molecule has 118 valence electrons. The molecule has 0 spiro atoms. The van der Waals surface area contributed by atoms with Gasteiger partial charge in [-0.25, -0.2) is 4.98 Å². The van der Waals surface area contributed by atoms with Crippen LogP contribution in [0.5, 0.6) is 0 Å². The summed E-state index contributed by atoms with van der Waals surface area (Å²) in [5, 5.41) is 1.55. The van der Waals surface area contributed by atoms with Crippen LogP contribution in [-0.4, -0.2) is 9.55 Å².